The van der Waals surface area contributed by atoms with Crippen molar-refractivity contribution in [3.63, 3.8) is 0 Å². The van der Waals surface area contributed by atoms with E-state index in [9.17, 15) is 4.79 Å². The van der Waals surface area contributed by atoms with Crippen LogP contribution in [0.5, 0.6) is 0 Å². The molecule has 2 rings (SSSR count). The fourth-order valence-corrected chi connectivity index (χ4v) is 2.67. The van der Waals surface area contributed by atoms with Crippen LogP contribution in [0.3, 0.4) is 0 Å². The zero-order valence-electron chi connectivity index (χ0n) is 10.6. The minimum atomic E-state index is -0.107. The molecule has 1 fully saturated rings. The molecule has 2 atom stereocenters. The van der Waals surface area contributed by atoms with Crippen molar-refractivity contribution in [2.24, 2.45) is 0 Å². The van der Waals surface area contributed by atoms with Gasteiger partial charge in [-0.25, -0.2) is 0 Å². The number of carbonyl (C=O) groups is 1. The zero-order valence-corrected chi connectivity index (χ0v) is 12.2. The highest BCUT2D eigenvalue weighted by Gasteiger charge is 2.25. The van der Waals surface area contributed by atoms with Crippen LogP contribution in [0, 0.1) is 0 Å². The number of nitrogens with zero attached hydrogens (tertiary/aromatic N) is 2. The van der Waals surface area contributed by atoms with Crippen LogP contribution in [0.25, 0.3) is 0 Å². The van der Waals surface area contributed by atoms with Crippen LogP contribution in [0.15, 0.2) is 10.7 Å². The van der Waals surface area contributed by atoms with Gasteiger partial charge in [-0.3, -0.25) is 9.48 Å². The summed E-state index contributed by atoms with van der Waals surface area (Å²) in [5.74, 6) is -0.107. The van der Waals surface area contributed by atoms with Crippen LogP contribution in [-0.4, -0.2) is 34.4 Å². The molecule has 0 spiro atoms. The van der Waals surface area contributed by atoms with Crippen molar-refractivity contribution in [2.75, 3.05) is 6.61 Å². The van der Waals surface area contributed by atoms with Gasteiger partial charge in [-0.2, -0.15) is 5.10 Å². The summed E-state index contributed by atoms with van der Waals surface area (Å²) in [5, 5.41) is 7.12. The lowest BCUT2D eigenvalue weighted by Gasteiger charge is -2.20. The monoisotopic (exact) mass is 315 g/mol. The number of amides is 1. The van der Waals surface area contributed by atoms with Crippen molar-refractivity contribution in [3.8, 4) is 0 Å². The van der Waals surface area contributed by atoms with Crippen LogP contribution in [0.1, 0.15) is 37.2 Å². The molecule has 6 heteroatoms. The maximum atomic E-state index is 12.2. The Labute approximate surface area is 115 Å². The molecule has 18 heavy (non-hydrogen) atoms. The average molecular weight is 316 g/mol. The van der Waals surface area contributed by atoms with E-state index in [0.29, 0.717) is 12.2 Å². The lowest BCUT2D eigenvalue weighted by Crippen LogP contribution is -2.41. The van der Waals surface area contributed by atoms with Crippen molar-refractivity contribution >= 4 is 21.8 Å². The van der Waals surface area contributed by atoms with Gasteiger partial charge in [0.2, 0.25) is 0 Å². The minimum absolute atomic E-state index is 0.0205. The fourth-order valence-electron chi connectivity index (χ4n) is 2.19. The van der Waals surface area contributed by atoms with Gasteiger partial charge < -0.3 is 10.1 Å². The summed E-state index contributed by atoms with van der Waals surface area (Å²) in [7, 11) is 0. The highest BCUT2D eigenvalue weighted by Crippen LogP contribution is 2.18. The lowest BCUT2D eigenvalue weighted by molar-refractivity contribution is 0.0706. The summed E-state index contributed by atoms with van der Waals surface area (Å²) in [5.41, 5.74) is 0.572. The van der Waals surface area contributed by atoms with E-state index in [2.05, 4.69) is 26.3 Å². The van der Waals surface area contributed by atoms with Crippen LogP contribution in [0.4, 0.5) is 0 Å². The number of carbonyl (C=O) groups excluding carboxylic acids is 1. The van der Waals surface area contributed by atoms with Gasteiger partial charge in [-0.05, 0) is 42.6 Å². The van der Waals surface area contributed by atoms with Gasteiger partial charge in [-0.1, -0.05) is 0 Å². The van der Waals surface area contributed by atoms with Gasteiger partial charge in [0.05, 0.1) is 22.8 Å². The summed E-state index contributed by atoms with van der Waals surface area (Å²) in [4.78, 5) is 12.2. The molecule has 1 saturated heterocycles. The van der Waals surface area contributed by atoms with Crippen molar-refractivity contribution in [1.82, 2.24) is 15.1 Å². The van der Waals surface area contributed by atoms with Crippen molar-refractivity contribution in [1.29, 1.82) is 0 Å². The molecule has 0 aliphatic carbocycles. The summed E-state index contributed by atoms with van der Waals surface area (Å²) < 4.78 is 7.98. The minimum Gasteiger partial charge on any atom is -0.376 e. The molecule has 0 radical (unpaired) electrons. The van der Waals surface area contributed by atoms with Crippen LogP contribution in [0.2, 0.25) is 0 Å². The maximum Gasteiger partial charge on any atom is 0.271 e. The molecule has 5 nitrogen and oxygen atoms in total. The Kier molecular flexibility index (Phi) is 4.40. The molecule has 1 aromatic heterocycles. The fraction of sp³-hybridized carbons (Fsp3) is 0.667. The Morgan fingerprint density at radius 1 is 1.78 bits per heavy atom. The van der Waals surface area contributed by atoms with E-state index in [0.717, 1.165) is 23.9 Å². The number of aromatic nitrogens is 2. The molecule has 0 bridgehead atoms. The van der Waals surface area contributed by atoms with E-state index in [1.807, 2.05) is 13.8 Å². The standard InChI is InChI=1S/C12H18BrN3O2/c1-3-16-11(9(13)7-14-16)12(17)15-8(2)10-5-4-6-18-10/h7-8,10H,3-6H2,1-2H3,(H,15,17)/t8-,10-/m0/s1. The number of hydrogen-bond donors (Lipinski definition) is 1. The first-order valence-electron chi connectivity index (χ1n) is 6.27. The van der Waals surface area contributed by atoms with Gasteiger partial charge >= 0.3 is 0 Å². The molecule has 1 aliphatic rings. The highest BCUT2D eigenvalue weighted by atomic mass is 79.9. The van der Waals surface area contributed by atoms with Crippen molar-refractivity contribution in [3.05, 3.63) is 16.4 Å². The Morgan fingerprint density at radius 2 is 2.56 bits per heavy atom. The van der Waals surface area contributed by atoms with E-state index in [1.54, 1.807) is 10.9 Å². The van der Waals surface area contributed by atoms with Crippen LogP contribution < -0.4 is 5.32 Å². The van der Waals surface area contributed by atoms with E-state index in [1.165, 1.54) is 0 Å². The van der Waals surface area contributed by atoms with Crippen molar-refractivity contribution in [2.45, 2.75) is 45.4 Å². The number of halogens is 1. The Bertz CT molecular complexity index is 427. The molecule has 1 aliphatic heterocycles. The second-order valence-electron chi connectivity index (χ2n) is 4.47. The molecule has 2 heterocycles. The molecule has 1 N–H and O–H groups in total. The number of aryl methyl sites for hydroxylation is 1. The molecule has 0 saturated carbocycles. The number of rotatable bonds is 4. The molecule has 100 valence electrons. The second-order valence-corrected chi connectivity index (χ2v) is 5.32. The first kappa shape index (κ1) is 13.5. The molecule has 0 unspecified atom stereocenters. The van der Waals surface area contributed by atoms with Gasteiger partial charge in [0.1, 0.15) is 5.69 Å². The van der Waals surface area contributed by atoms with Gasteiger partial charge in [0.15, 0.2) is 0 Å². The molecular formula is C12H18BrN3O2. The Hall–Kier alpha value is -0.880. The maximum absolute atomic E-state index is 12.2. The van der Waals surface area contributed by atoms with Crippen molar-refractivity contribution < 1.29 is 9.53 Å². The third-order valence-corrected chi connectivity index (χ3v) is 3.77. The summed E-state index contributed by atoms with van der Waals surface area (Å²) in [6, 6.07) is 0.0205. The smallest absolute Gasteiger partial charge is 0.271 e. The van der Waals surface area contributed by atoms with Gasteiger partial charge in [-0.15, -0.1) is 0 Å². The predicted octanol–water partition coefficient (Wildman–Crippen LogP) is 1.96. The number of nitrogens with one attached hydrogen (secondary N) is 1. The lowest BCUT2D eigenvalue weighted by atomic mass is 10.1. The Morgan fingerprint density at radius 3 is 3.17 bits per heavy atom. The molecular weight excluding hydrogens is 298 g/mol. The highest BCUT2D eigenvalue weighted by molar-refractivity contribution is 9.10. The summed E-state index contributed by atoms with van der Waals surface area (Å²) in [6.07, 6.45) is 3.86. The van der Waals surface area contributed by atoms with E-state index >= 15 is 0 Å². The summed E-state index contributed by atoms with van der Waals surface area (Å²) in [6.45, 7) is 5.40. The molecule has 1 amide bonds. The first-order chi connectivity index (χ1) is 8.63. The number of hydrogen-bond acceptors (Lipinski definition) is 3. The van der Waals surface area contributed by atoms with Gasteiger partial charge in [0, 0.05) is 13.2 Å². The number of ether oxygens (including phenoxy) is 1. The third kappa shape index (κ3) is 2.75. The van der Waals surface area contributed by atoms with E-state index < -0.39 is 0 Å². The molecule has 0 aromatic carbocycles. The topological polar surface area (TPSA) is 56.2 Å². The molecule has 1 aromatic rings. The normalized spacial score (nSPS) is 20.9. The first-order valence-corrected chi connectivity index (χ1v) is 7.06. The zero-order chi connectivity index (χ0) is 13.1. The average Bonchev–Trinajstić information content (AvgIpc) is 2.97. The third-order valence-electron chi connectivity index (χ3n) is 3.19. The van der Waals surface area contributed by atoms with Crippen LogP contribution >= 0.6 is 15.9 Å². The van der Waals surface area contributed by atoms with Crippen LogP contribution in [-0.2, 0) is 11.3 Å². The summed E-state index contributed by atoms with van der Waals surface area (Å²) >= 11 is 3.36. The van der Waals surface area contributed by atoms with E-state index in [-0.39, 0.29) is 18.1 Å². The van der Waals surface area contributed by atoms with E-state index in [4.69, 9.17) is 4.74 Å². The second kappa shape index (κ2) is 5.84. The van der Waals surface area contributed by atoms with Gasteiger partial charge in [0.25, 0.3) is 5.91 Å². The quantitative estimate of drug-likeness (QED) is 0.924. The Balaban J connectivity index is 2.04. The SMILES string of the molecule is CCn1ncc(Br)c1C(=O)N[C@@H](C)[C@@H]1CCCO1. The largest absolute Gasteiger partial charge is 0.376 e. The predicted molar refractivity (Wildman–Crippen MR) is 71.5 cm³/mol.